The highest BCUT2D eigenvalue weighted by atomic mass is 16.5. The second-order valence-electron chi connectivity index (χ2n) is 6.68. The van der Waals surface area contributed by atoms with E-state index >= 15 is 0 Å². The Labute approximate surface area is 137 Å². The van der Waals surface area contributed by atoms with Crippen molar-refractivity contribution in [2.45, 2.75) is 32.6 Å². The first kappa shape index (κ1) is 15.8. The molecular formula is C18H24N2O3. The number of ether oxygens (including phenoxy) is 2. The van der Waals surface area contributed by atoms with Crippen LogP contribution in [-0.2, 0) is 4.79 Å². The SMILES string of the molecule is COc1ccc(/C=N/NC(=O)[C@@H]2[C@@H]3CCCC[C@@]23C)c(OC)c1. The zero-order valence-electron chi connectivity index (χ0n) is 14.0. The average Bonchev–Trinajstić information content (AvgIpc) is 3.20. The van der Waals surface area contributed by atoms with Crippen LogP contribution in [0.1, 0.15) is 38.2 Å². The van der Waals surface area contributed by atoms with Crippen LogP contribution in [0.2, 0.25) is 0 Å². The number of rotatable bonds is 5. The summed E-state index contributed by atoms with van der Waals surface area (Å²) in [5.41, 5.74) is 3.70. The highest BCUT2D eigenvalue weighted by molar-refractivity contribution is 5.87. The lowest BCUT2D eigenvalue weighted by Gasteiger charge is -2.15. The van der Waals surface area contributed by atoms with Crippen LogP contribution in [0.15, 0.2) is 23.3 Å². The monoisotopic (exact) mass is 316 g/mol. The molecule has 0 radical (unpaired) electrons. The minimum absolute atomic E-state index is 0.0446. The van der Waals surface area contributed by atoms with Gasteiger partial charge in [-0.15, -0.1) is 0 Å². The van der Waals surface area contributed by atoms with Gasteiger partial charge in [-0.25, -0.2) is 5.43 Å². The normalized spacial score (nSPS) is 29.0. The van der Waals surface area contributed by atoms with E-state index in [0.717, 1.165) is 17.7 Å². The molecule has 2 fully saturated rings. The molecule has 3 rings (SSSR count). The Bertz CT molecular complexity index is 629. The highest BCUT2D eigenvalue weighted by Crippen LogP contribution is 2.66. The van der Waals surface area contributed by atoms with Crippen LogP contribution in [0, 0.1) is 17.3 Å². The molecule has 1 amide bonds. The van der Waals surface area contributed by atoms with Crippen LogP contribution in [0.5, 0.6) is 11.5 Å². The molecule has 3 atom stereocenters. The van der Waals surface area contributed by atoms with Gasteiger partial charge < -0.3 is 9.47 Å². The molecule has 0 saturated heterocycles. The number of carbonyl (C=O) groups is 1. The molecule has 0 heterocycles. The lowest BCUT2D eigenvalue weighted by Crippen LogP contribution is -2.22. The summed E-state index contributed by atoms with van der Waals surface area (Å²) in [6.07, 6.45) is 6.43. The van der Waals surface area contributed by atoms with Crippen LogP contribution in [0.3, 0.4) is 0 Å². The van der Waals surface area contributed by atoms with Gasteiger partial charge in [0.25, 0.3) is 0 Å². The molecule has 1 aromatic carbocycles. The van der Waals surface area contributed by atoms with Crippen molar-refractivity contribution in [1.29, 1.82) is 0 Å². The van der Waals surface area contributed by atoms with Crippen molar-refractivity contribution in [2.24, 2.45) is 22.4 Å². The van der Waals surface area contributed by atoms with E-state index in [1.165, 1.54) is 19.3 Å². The number of amides is 1. The third-order valence-corrected chi connectivity index (χ3v) is 5.43. The fraction of sp³-hybridized carbons (Fsp3) is 0.556. The largest absolute Gasteiger partial charge is 0.497 e. The third kappa shape index (κ3) is 2.92. The lowest BCUT2D eigenvalue weighted by atomic mass is 9.90. The number of hydrazone groups is 1. The van der Waals surface area contributed by atoms with Gasteiger partial charge in [-0.1, -0.05) is 19.8 Å². The van der Waals surface area contributed by atoms with Crippen molar-refractivity contribution >= 4 is 12.1 Å². The summed E-state index contributed by atoms with van der Waals surface area (Å²) in [4.78, 5) is 12.3. The summed E-state index contributed by atoms with van der Waals surface area (Å²) in [5.74, 6) is 2.09. The van der Waals surface area contributed by atoms with E-state index in [2.05, 4.69) is 17.5 Å². The summed E-state index contributed by atoms with van der Waals surface area (Å²) in [5, 5.41) is 4.11. The lowest BCUT2D eigenvalue weighted by molar-refractivity contribution is -0.123. The van der Waals surface area contributed by atoms with Crippen molar-refractivity contribution in [3.8, 4) is 11.5 Å². The molecule has 1 aromatic rings. The van der Waals surface area contributed by atoms with Gasteiger partial charge in [-0.05, 0) is 36.3 Å². The van der Waals surface area contributed by atoms with Crippen molar-refractivity contribution in [3.63, 3.8) is 0 Å². The number of fused-ring (bicyclic) bond motifs is 1. The van der Waals surface area contributed by atoms with E-state index < -0.39 is 0 Å². The second-order valence-corrected chi connectivity index (χ2v) is 6.68. The average molecular weight is 316 g/mol. The van der Waals surface area contributed by atoms with Crippen LogP contribution >= 0.6 is 0 Å². The van der Waals surface area contributed by atoms with Crippen molar-refractivity contribution in [3.05, 3.63) is 23.8 Å². The fourth-order valence-corrected chi connectivity index (χ4v) is 4.01. The van der Waals surface area contributed by atoms with Gasteiger partial charge >= 0.3 is 0 Å². The minimum Gasteiger partial charge on any atom is -0.497 e. The summed E-state index contributed by atoms with van der Waals surface area (Å²) < 4.78 is 10.5. The molecule has 2 aliphatic carbocycles. The third-order valence-electron chi connectivity index (χ3n) is 5.43. The van der Waals surface area contributed by atoms with E-state index in [9.17, 15) is 4.79 Å². The zero-order valence-corrected chi connectivity index (χ0v) is 14.0. The maximum Gasteiger partial charge on any atom is 0.244 e. The molecule has 5 heteroatoms. The molecule has 0 aliphatic heterocycles. The maximum atomic E-state index is 12.3. The van der Waals surface area contributed by atoms with Crippen LogP contribution in [0.25, 0.3) is 0 Å². The van der Waals surface area contributed by atoms with Crippen molar-refractivity contribution < 1.29 is 14.3 Å². The van der Waals surface area contributed by atoms with Gasteiger partial charge in [-0.2, -0.15) is 5.10 Å². The number of benzene rings is 1. The Morgan fingerprint density at radius 3 is 2.83 bits per heavy atom. The number of methoxy groups -OCH3 is 2. The molecule has 124 valence electrons. The van der Waals surface area contributed by atoms with Crippen LogP contribution in [-0.4, -0.2) is 26.3 Å². The number of carbonyl (C=O) groups excluding carboxylic acids is 1. The van der Waals surface area contributed by atoms with E-state index in [1.54, 1.807) is 26.5 Å². The standard InChI is InChI=1S/C18H24N2O3/c1-18-9-5-4-6-14(18)16(18)17(21)20-19-11-12-7-8-13(22-2)10-15(12)23-3/h7-8,10-11,14,16H,4-6,9H2,1-3H3,(H,20,21)/b19-11+/t14-,16-,18+/m0/s1. The Hall–Kier alpha value is -2.04. The first-order chi connectivity index (χ1) is 11.1. The first-order valence-corrected chi connectivity index (χ1v) is 8.15. The minimum atomic E-state index is 0.0446. The predicted octanol–water partition coefficient (Wildman–Crippen LogP) is 2.98. The molecule has 0 bridgehead atoms. The highest BCUT2D eigenvalue weighted by Gasteiger charge is 2.64. The van der Waals surface area contributed by atoms with Crippen LogP contribution < -0.4 is 14.9 Å². The number of hydrogen-bond donors (Lipinski definition) is 1. The quantitative estimate of drug-likeness (QED) is 0.671. The summed E-state index contributed by atoms with van der Waals surface area (Å²) >= 11 is 0. The van der Waals surface area contributed by atoms with Gasteiger partial charge in [-0.3, -0.25) is 4.79 Å². The van der Waals surface area contributed by atoms with Gasteiger partial charge in [0.05, 0.1) is 20.4 Å². The van der Waals surface area contributed by atoms with Gasteiger partial charge in [0.1, 0.15) is 11.5 Å². The van der Waals surface area contributed by atoms with Gasteiger partial charge in [0.2, 0.25) is 5.91 Å². The zero-order chi connectivity index (χ0) is 16.4. The molecule has 0 aromatic heterocycles. The molecule has 23 heavy (non-hydrogen) atoms. The van der Waals surface area contributed by atoms with E-state index in [1.807, 2.05) is 12.1 Å². The topological polar surface area (TPSA) is 59.9 Å². The van der Waals surface area contributed by atoms with Gasteiger partial charge in [0, 0.05) is 17.5 Å². The molecule has 0 unspecified atom stereocenters. The first-order valence-electron chi connectivity index (χ1n) is 8.15. The Kier molecular flexibility index (Phi) is 4.28. The van der Waals surface area contributed by atoms with E-state index in [4.69, 9.17) is 9.47 Å². The summed E-state index contributed by atoms with van der Waals surface area (Å²) in [6.45, 7) is 2.23. The molecule has 1 N–H and O–H groups in total. The fourth-order valence-electron chi connectivity index (χ4n) is 4.01. The predicted molar refractivity (Wildman–Crippen MR) is 88.8 cm³/mol. The molecule has 2 aliphatic rings. The number of nitrogens with one attached hydrogen (secondary N) is 1. The molecule has 2 saturated carbocycles. The van der Waals surface area contributed by atoms with E-state index in [-0.39, 0.29) is 17.2 Å². The second kappa shape index (κ2) is 6.22. The maximum absolute atomic E-state index is 12.3. The molecular weight excluding hydrogens is 292 g/mol. The smallest absolute Gasteiger partial charge is 0.244 e. The summed E-state index contributed by atoms with van der Waals surface area (Å²) in [6, 6.07) is 5.48. The number of hydrogen-bond acceptors (Lipinski definition) is 4. The Balaban J connectivity index is 1.62. The van der Waals surface area contributed by atoms with E-state index in [0.29, 0.717) is 11.7 Å². The van der Waals surface area contributed by atoms with Crippen LogP contribution in [0.4, 0.5) is 0 Å². The van der Waals surface area contributed by atoms with Crippen molar-refractivity contribution in [1.82, 2.24) is 5.43 Å². The van der Waals surface area contributed by atoms with Crippen molar-refractivity contribution in [2.75, 3.05) is 14.2 Å². The molecule has 0 spiro atoms. The Morgan fingerprint density at radius 1 is 1.35 bits per heavy atom. The van der Waals surface area contributed by atoms with Gasteiger partial charge in [0.15, 0.2) is 0 Å². The Morgan fingerprint density at radius 2 is 2.17 bits per heavy atom. The number of nitrogens with zero attached hydrogens (tertiary/aromatic N) is 1. The summed E-state index contributed by atoms with van der Waals surface area (Å²) in [7, 11) is 3.21. The molecule has 5 nitrogen and oxygen atoms in total.